The minimum absolute atomic E-state index is 0.0420. The predicted molar refractivity (Wildman–Crippen MR) is 133 cm³/mol. The Labute approximate surface area is 207 Å². The number of carbonyl (C=O) groups is 1. The van der Waals surface area contributed by atoms with Gasteiger partial charge in [-0.3, -0.25) is 5.32 Å². The molecule has 1 aromatic carbocycles. The molecule has 0 aliphatic rings. The number of anilines is 1. The van der Waals surface area contributed by atoms with Crippen molar-refractivity contribution < 1.29 is 23.5 Å². The highest BCUT2D eigenvalue weighted by atomic mass is 35.5. The molecule has 0 atom stereocenters. The standard InChI is InChI=1S/C24H26ClN5O5/c1-5-9-33-21-12-19-18(11-20(21)32-4)23(27-14-26-19)34-17(6-2)8-7-16(13-25)28-24(31)29-22-10-15(3)35-30-22/h6-8,10-12,14H,2,5,9,13H2,1,3-4H3,(H2,28,29,30,31)/b16-7+,17-8+. The van der Waals surface area contributed by atoms with Crippen molar-refractivity contribution in [2.75, 3.05) is 24.9 Å². The summed E-state index contributed by atoms with van der Waals surface area (Å²) in [4.78, 5) is 20.7. The van der Waals surface area contributed by atoms with E-state index < -0.39 is 6.03 Å². The number of carbonyl (C=O) groups excluding carboxylic acids is 1. The van der Waals surface area contributed by atoms with Gasteiger partial charge in [-0.15, -0.1) is 11.6 Å². The summed E-state index contributed by atoms with van der Waals surface area (Å²) in [6, 6.07) is 4.61. The molecule has 3 aromatic rings. The highest BCUT2D eigenvalue weighted by molar-refractivity contribution is 6.19. The molecule has 11 heteroatoms. The number of hydrogen-bond acceptors (Lipinski definition) is 8. The Morgan fingerprint density at radius 1 is 1.23 bits per heavy atom. The van der Waals surface area contributed by atoms with Gasteiger partial charge in [0.25, 0.3) is 0 Å². The van der Waals surface area contributed by atoms with Gasteiger partial charge in [-0.25, -0.2) is 14.8 Å². The van der Waals surface area contributed by atoms with Gasteiger partial charge in [0, 0.05) is 17.8 Å². The van der Waals surface area contributed by atoms with Crippen molar-refractivity contribution in [3.8, 4) is 17.4 Å². The maximum Gasteiger partial charge on any atom is 0.324 e. The SMILES string of the molecule is C=C/C(=C\C=C(/CCl)NC(=O)Nc1cc(C)on1)Oc1ncnc2cc(OCCC)c(OC)cc12. The van der Waals surface area contributed by atoms with E-state index in [0.717, 1.165) is 6.42 Å². The molecule has 2 amide bonds. The second-order valence-electron chi connectivity index (χ2n) is 7.15. The van der Waals surface area contributed by atoms with Crippen molar-refractivity contribution in [3.63, 3.8) is 0 Å². The van der Waals surface area contributed by atoms with Gasteiger partial charge in [0.05, 0.1) is 30.5 Å². The number of halogens is 1. The van der Waals surface area contributed by atoms with Gasteiger partial charge in [0.15, 0.2) is 17.3 Å². The number of fused-ring (bicyclic) bond motifs is 1. The summed E-state index contributed by atoms with van der Waals surface area (Å²) in [5.74, 6) is 2.70. The molecule has 0 fully saturated rings. The van der Waals surface area contributed by atoms with Crippen LogP contribution in [-0.2, 0) is 0 Å². The zero-order chi connectivity index (χ0) is 25.2. The first-order valence-electron chi connectivity index (χ1n) is 10.7. The number of methoxy groups -OCH3 is 1. The van der Waals surface area contributed by atoms with E-state index in [9.17, 15) is 4.79 Å². The molecule has 10 nitrogen and oxygen atoms in total. The molecule has 0 aliphatic heterocycles. The van der Waals surface area contributed by atoms with Crippen molar-refractivity contribution in [2.24, 2.45) is 0 Å². The number of aryl methyl sites for hydroxylation is 1. The van der Waals surface area contributed by atoms with Crippen molar-refractivity contribution in [1.82, 2.24) is 20.4 Å². The number of rotatable bonds is 11. The van der Waals surface area contributed by atoms with E-state index in [4.69, 9.17) is 30.3 Å². The van der Waals surface area contributed by atoms with E-state index in [1.54, 1.807) is 44.4 Å². The van der Waals surface area contributed by atoms with Crippen LogP contribution in [0.1, 0.15) is 19.1 Å². The molecule has 2 N–H and O–H groups in total. The molecule has 0 aliphatic carbocycles. The number of benzene rings is 1. The molecule has 0 bridgehead atoms. The fourth-order valence-corrected chi connectivity index (χ4v) is 3.04. The number of hydrogen-bond donors (Lipinski definition) is 2. The first-order chi connectivity index (χ1) is 17.0. The van der Waals surface area contributed by atoms with Gasteiger partial charge in [0.2, 0.25) is 5.88 Å². The van der Waals surface area contributed by atoms with Gasteiger partial charge >= 0.3 is 6.03 Å². The van der Waals surface area contributed by atoms with Gasteiger partial charge in [-0.1, -0.05) is 18.7 Å². The predicted octanol–water partition coefficient (Wildman–Crippen LogP) is 5.12. The van der Waals surface area contributed by atoms with Crippen molar-refractivity contribution in [3.05, 3.63) is 66.5 Å². The van der Waals surface area contributed by atoms with Crippen LogP contribution in [0.2, 0.25) is 0 Å². The van der Waals surface area contributed by atoms with Crippen LogP contribution in [0.25, 0.3) is 10.9 Å². The third kappa shape index (κ3) is 6.97. The number of alkyl halides is 1. The average molecular weight is 500 g/mol. The van der Waals surface area contributed by atoms with Crippen LogP contribution >= 0.6 is 11.6 Å². The largest absolute Gasteiger partial charge is 0.493 e. The lowest BCUT2D eigenvalue weighted by Gasteiger charge is -2.13. The van der Waals surface area contributed by atoms with Crippen LogP contribution in [0.3, 0.4) is 0 Å². The molecule has 184 valence electrons. The monoisotopic (exact) mass is 499 g/mol. The molecule has 0 unspecified atom stereocenters. The van der Waals surface area contributed by atoms with E-state index in [1.165, 1.54) is 12.4 Å². The Kier molecular flexibility index (Phi) is 9.08. The van der Waals surface area contributed by atoms with Gasteiger partial charge in [0.1, 0.15) is 17.8 Å². The summed E-state index contributed by atoms with van der Waals surface area (Å²) in [6.45, 7) is 8.08. The van der Waals surface area contributed by atoms with E-state index in [2.05, 4.69) is 32.3 Å². The van der Waals surface area contributed by atoms with Crippen LogP contribution in [0.5, 0.6) is 17.4 Å². The Bertz CT molecular complexity index is 1250. The number of nitrogens with one attached hydrogen (secondary N) is 2. The van der Waals surface area contributed by atoms with Crippen molar-refractivity contribution in [1.29, 1.82) is 0 Å². The Hall–Kier alpha value is -4.05. The third-order valence-electron chi connectivity index (χ3n) is 4.50. The summed E-state index contributed by atoms with van der Waals surface area (Å²) >= 11 is 5.98. The summed E-state index contributed by atoms with van der Waals surface area (Å²) in [5.41, 5.74) is 1.04. The first-order valence-corrected chi connectivity index (χ1v) is 11.2. The number of urea groups is 1. The fraction of sp³-hybridized carbons (Fsp3) is 0.250. The van der Waals surface area contributed by atoms with E-state index >= 15 is 0 Å². The molecule has 2 heterocycles. The highest BCUT2D eigenvalue weighted by Crippen LogP contribution is 2.35. The molecule has 0 spiro atoms. The summed E-state index contributed by atoms with van der Waals surface area (Å²) < 4.78 is 22.1. The summed E-state index contributed by atoms with van der Waals surface area (Å²) in [5, 5.41) is 9.53. The topological polar surface area (TPSA) is 121 Å². The molecule has 2 aromatic heterocycles. The molecular formula is C24H26ClN5O5. The summed E-state index contributed by atoms with van der Waals surface area (Å²) in [7, 11) is 1.56. The highest BCUT2D eigenvalue weighted by Gasteiger charge is 2.13. The lowest BCUT2D eigenvalue weighted by Crippen LogP contribution is -2.28. The van der Waals surface area contributed by atoms with Crippen molar-refractivity contribution in [2.45, 2.75) is 20.3 Å². The van der Waals surface area contributed by atoms with E-state index in [-0.39, 0.29) is 11.7 Å². The lowest BCUT2D eigenvalue weighted by molar-refractivity contribution is 0.254. The second kappa shape index (κ2) is 12.4. The summed E-state index contributed by atoms with van der Waals surface area (Å²) in [6.07, 6.45) is 6.96. The zero-order valence-corrected chi connectivity index (χ0v) is 20.4. The van der Waals surface area contributed by atoms with Crippen LogP contribution < -0.4 is 24.8 Å². The number of nitrogens with zero attached hydrogens (tertiary/aromatic N) is 3. The smallest absolute Gasteiger partial charge is 0.324 e. The maximum absolute atomic E-state index is 12.2. The van der Waals surface area contributed by atoms with Crippen LogP contribution in [0.4, 0.5) is 10.6 Å². The van der Waals surface area contributed by atoms with Crippen LogP contribution in [0, 0.1) is 6.92 Å². The minimum atomic E-state index is -0.519. The number of aromatic nitrogens is 3. The Morgan fingerprint density at radius 2 is 2.06 bits per heavy atom. The number of allylic oxidation sites excluding steroid dienone is 4. The molecule has 0 radical (unpaired) electrons. The van der Waals surface area contributed by atoms with Crippen molar-refractivity contribution >= 4 is 34.4 Å². The lowest BCUT2D eigenvalue weighted by atomic mass is 10.2. The minimum Gasteiger partial charge on any atom is -0.493 e. The molecule has 3 rings (SSSR count). The second-order valence-corrected chi connectivity index (χ2v) is 7.42. The van der Waals surface area contributed by atoms with E-state index in [0.29, 0.717) is 52.1 Å². The third-order valence-corrected chi connectivity index (χ3v) is 4.79. The molecular weight excluding hydrogens is 474 g/mol. The van der Waals surface area contributed by atoms with Crippen LogP contribution in [-0.4, -0.2) is 40.8 Å². The molecule has 0 saturated carbocycles. The normalized spacial score (nSPS) is 11.8. The Morgan fingerprint density at radius 3 is 2.71 bits per heavy atom. The van der Waals surface area contributed by atoms with Gasteiger partial charge in [-0.05, 0) is 37.6 Å². The molecule has 0 saturated heterocycles. The van der Waals surface area contributed by atoms with E-state index in [1.807, 2.05) is 6.92 Å². The maximum atomic E-state index is 12.2. The molecule has 35 heavy (non-hydrogen) atoms. The fourth-order valence-electron chi connectivity index (χ4n) is 2.88. The number of amides is 2. The van der Waals surface area contributed by atoms with Gasteiger partial charge < -0.3 is 24.1 Å². The average Bonchev–Trinajstić information content (AvgIpc) is 3.27. The zero-order valence-electron chi connectivity index (χ0n) is 19.6. The van der Waals surface area contributed by atoms with Crippen LogP contribution in [0.15, 0.2) is 65.3 Å². The Balaban J connectivity index is 1.79. The first kappa shape index (κ1) is 25.6. The number of ether oxygens (including phenoxy) is 3. The quantitative estimate of drug-likeness (QED) is 0.212. The van der Waals surface area contributed by atoms with Gasteiger partial charge in [-0.2, -0.15) is 0 Å².